The van der Waals surface area contributed by atoms with Crippen molar-refractivity contribution in [1.29, 1.82) is 0 Å². The van der Waals surface area contributed by atoms with Crippen molar-refractivity contribution in [3.63, 3.8) is 0 Å². The van der Waals surface area contributed by atoms with Gasteiger partial charge >= 0.3 is 0 Å². The molecule has 22 heavy (non-hydrogen) atoms. The van der Waals surface area contributed by atoms with Gasteiger partial charge in [-0.1, -0.05) is 12.1 Å². The summed E-state index contributed by atoms with van der Waals surface area (Å²) in [6.07, 6.45) is -0.676. The van der Waals surface area contributed by atoms with E-state index < -0.39 is 11.7 Å². The summed E-state index contributed by atoms with van der Waals surface area (Å²) in [5.41, 5.74) is -0.852. The first-order valence-corrected chi connectivity index (χ1v) is 9.51. The predicted octanol–water partition coefficient (Wildman–Crippen LogP) is 1.15. The van der Waals surface area contributed by atoms with Crippen LogP contribution in [-0.4, -0.2) is 58.9 Å². The lowest BCUT2D eigenvalue weighted by molar-refractivity contribution is -0.131. The number of carbonyl (C=O) groups excluding carboxylic acids is 1. The van der Waals surface area contributed by atoms with Crippen molar-refractivity contribution in [2.24, 2.45) is 0 Å². The summed E-state index contributed by atoms with van der Waals surface area (Å²) in [4.78, 5) is 12.2. The molecular weight excluding hydrogens is 322 g/mol. The molecule has 1 unspecified atom stereocenters. The minimum absolute atomic E-state index is 0.185. The summed E-state index contributed by atoms with van der Waals surface area (Å²) in [5, 5.41) is 13.3. The highest BCUT2D eigenvalue weighted by molar-refractivity contribution is 8.03. The van der Waals surface area contributed by atoms with Gasteiger partial charge in [0.15, 0.2) is 11.5 Å². The van der Waals surface area contributed by atoms with E-state index in [9.17, 15) is 9.90 Å². The lowest BCUT2D eigenvalue weighted by atomic mass is 10.1. The number of carbonyl (C=O) groups is 1. The molecule has 2 aliphatic heterocycles. The number of hydrogen-bond donors (Lipinski definition) is 2. The first-order chi connectivity index (χ1) is 10.7. The molecule has 5 nitrogen and oxygen atoms in total. The molecule has 7 heteroatoms. The fourth-order valence-electron chi connectivity index (χ4n) is 2.30. The highest BCUT2D eigenvalue weighted by Gasteiger charge is 2.32. The zero-order valence-electron chi connectivity index (χ0n) is 12.1. The Bertz CT molecular complexity index is 532. The smallest absolute Gasteiger partial charge is 0.264 e. The number of aliphatic hydroxyl groups is 1. The topological polar surface area (TPSA) is 67.8 Å². The zero-order chi connectivity index (χ0) is 15.4. The molecule has 0 radical (unpaired) electrons. The lowest BCUT2D eigenvalue weighted by Crippen LogP contribution is -2.51. The van der Waals surface area contributed by atoms with Crippen LogP contribution in [0.2, 0.25) is 0 Å². The number of benzene rings is 1. The number of hydrogen-bond acceptors (Lipinski definition) is 6. The number of para-hydroxylation sites is 2. The van der Waals surface area contributed by atoms with Gasteiger partial charge in [-0.05, 0) is 12.1 Å². The number of amides is 1. The van der Waals surface area contributed by atoms with Crippen LogP contribution < -0.4 is 14.8 Å². The van der Waals surface area contributed by atoms with Crippen LogP contribution in [0.15, 0.2) is 24.3 Å². The highest BCUT2D eigenvalue weighted by Crippen LogP contribution is 2.31. The molecule has 120 valence electrons. The van der Waals surface area contributed by atoms with Crippen LogP contribution in [-0.2, 0) is 4.79 Å². The Morgan fingerprint density at radius 3 is 2.68 bits per heavy atom. The predicted molar refractivity (Wildman–Crippen MR) is 89.0 cm³/mol. The van der Waals surface area contributed by atoms with Gasteiger partial charge < -0.3 is 19.9 Å². The molecule has 1 aromatic rings. The summed E-state index contributed by atoms with van der Waals surface area (Å²) in [5.74, 6) is 4.35. The first kappa shape index (κ1) is 15.8. The van der Waals surface area contributed by atoms with Gasteiger partial charge in [0, 0.05) is 29.6 Å². The summed E-state index contributed by atoms with van der Waals surface area (Å²) in [6, 6.07) is 7.29. The zero-order valence-corrected chi connectivity index (χ0v) is 13.8. The van der Waals surface area contributed by atoms with Crippen molar-refractivity contribution in [3.8, 4) is 11.5 Å². The van der Waals surface area contributed by atoms with Gasteiger partial charge in [0.2, 0.25) is 6.10 Å². The quantitative estimate of drug-likeness (QED) is 0.860. The van der Waals surface area contributed by atoms with Gasteiger partial charge in [-0.15, -0.1) is 0 Å². The van der Waals surface area contributed by atoms with Crippen LogP contribution >= 0.6 is 23.5 Å². The van der Waals surface area contributed by atoms with Crippen molar-refractivity contribution in [1.82, 2.24) is 5.32 Å². The third kappa shape index (κ3) is 3.83. The van der Waals surface area contributed by atoms with Gasteiger partial charge in [-0.25, -0.2) is 0 Å². The maximum atomic E-state index is 12.2. The molecule has 2 heterocycles. The van der Waals surface area contributed by atoms with Gasteiger partial charge in [-0.3, -0.25) is 4.79 Å². The minimum Gasteiger partial charge on any atom is -0.485 e. The molecule has 0 bridgehead atoms. The third-order valence-electron chi connectivity index (χ3n) is 3.51. The Labute approximate surface area is 138 Å². The molecule has 2 aliphatic rings. The summed E-state index contributed by atoms with van der Waals surface area (Å²) >= 11 is 3.45. The van der Waals surface area contributed by atoms with Crippen molar-refractivity contribution in [2.75, 3.05) is 36.2 Å². The maximum absolute atomic E-state index is 12.2. The van der Waals surface area contributed by atoms with Crippen LogP contribution in [0.25, 0.3) is 0 Å². The van der Waals surface area contributed by atoms with E-state index in [0.29, 0.717) is 23.0 Å². The van der Waals surface area contributed by atoms with Crippen molar-refractivity contribution in [2.45, 2.75) is 11.7 Å². The number of ether oxygens (including phenoxy) is 2. The van der Waals surface area contributed by atoms with Crippen molar-refractivity contribution >= 4 is 29.4 Å². The molecule has 0 saturated carbocycles. The molecule has 3 rings (SSSR count). The SMILES string of the molecule is O=C(NCC1(O)CSCCSC1)C1COc2ccccc2O1. The second kappa shape index (κ2) is 7.02. The molecule has 0 aromatic heterocycles. The number of nitrogens with one attached hydrogen (secondary N) is 1. The van der Waals surface area contributed by atoms with E-state index in [0.717, 1.165) is 11.5 Å². The van der Waals surface area contributed by atoms with Crippen LogP contribution in [0, 0.1) is 0 Å². The maximum Gasteiger partial charge on any atom is 0.264 e. The molecule has 1 amide bonds. The van der Waals surface area contributed by atoms with E-state index in [1.807, 2.05) is 18.2 Å². The van der Waals surface area contributed by atoms with Crippen LogP contribution in [0.5, 0.6) is 11.5 Å². The molecule has 1 fully saturated rings. The summed E-state index contributed by atoms with van der Waals surface area (Å²) < 4.78 is 11.2. The molecule has 1 atom stereocenters. The van der Waals surface area contributed by atoms with Crippen molar-refractivity contribution in [3.05, 3.63) is 24.3 Å². The van der Waals surface area contributed by atoms with E-state index in [4.69, 9.17) is 9.47 Å². The minimum atomic E-state index is -0.852. The molecular formula is C15H19NO4S2. The van der Waals surface area contributed by atoms with E-state index in [2.05, 4.69) is 5.32 Å². The van der Waals surface area contributed by atoms with E-state index >= 15 is 0 Å². The third-order valence-corrected chi connectivity index (χ3v) is 6.23. The molecule has 0 spiro atoms. The van der Waals surface area contributed by atoms with E-state index in [-0.39, 0.29) is 19.1 Å². The fourth-order valence-corrected chi connectivity index (χ4v) is 4.83. The second-order valence-corrected chi connectivity index (χ2v) is 7.62. The monoisotopic (exact) mass is 341 g/mol. The Kier molecular flexibility index (Phi) is 5.05. The largest absolute Gasteiger partial charge is 0.485 e. The van der Waals surface area contributed by atoms with Gasteiger partial charge in [0.05, 0.1) is 5.60 Å². The van der Waals surface area contributed by atoms with Crippen LogP contribution in [0.1, 0.15) is 0 Å². The Balaban J connectivity index is 1.54. The van der Waals surface area contributed by atoms with E-state index in [1.54, 1.807) is 29.6 Å². The Hall–Kier alpha value is -1.05. The number of rotatable bonds is 3. The highest BCUT2D eigenvalue weighted by atomic mass is 32.2. The Morgan fingerprint density at radius 1 is 1.27 bits per heavy atom. The molecule has 1 aromatic carbocycles. The number of thioether (sulfide) groups is 2. The molecule has 0 aliphatic carbocycles. The van der Waals surface area contributed by atoms with Crippen LogP contribution in [0.3, 0.4) is 0 Å². The first-order valence-electron chi connectivity index (χ1n) is 7.20. The summed E-state index contributed by atoms with van der Waals surface area (Å²) in [6.45, 7) is 0.429. The lowest BCUT2D eigenvalue weighted by Gasteiger charge is -2.29. The fraction of sp³-hybridized carbons (Fsp3) is 0.533. The normalized spacial score (nSPS) is 23.4. The van der Waals surface area contributed by atoms with Gasteiger partial charge in [0.25, 0.3) is 5.91 Å². The van der Waals surface area contributed by atoms with Crippen molar-refractivity contribution < 1.29 is 19.4 Å². The number of fused-ring (bicyclic) bond motifs is 1. The average molecular weight is 341 g/mol. The van der Waals surface area contributed by atoms with Crippen LogP contribution in [0.4, 0.5) is 0 Å². The molecule has 1 saturated heterocycles. The Morgan fingerprint density at radius 2 is 1.95 bits per heavy atom. The van der Waals surface area contributed by atoms with E-state index in [1.165, 1.54) is 0 Å². The summed E-state index contributed by atoms with van der Waals surface area (Å²) in [7, 11) is 0. The molecule has 2 N–H and O–H groups in total. The van der Waals surface area contributed by atoms with Gasteiger partial charge in [-0.2, -0.15) is 23.5 Å². The average Bonchev–Trinajstić information content (AvgIpc) is 2.77. The van der Waals surface area contributed by atoms with Gasteiger partial charge in [0.1, 0.15) is 6.61 Å². The standard InChI is InChI=1S/C15H19NO4S2/c17-14(16-8-15(18)9-21-5-6-22-10-15)13-7-19-11-3-1-2-4-12(11)20-13/h1-4,13,18H,5-10H2,(H,16,17). The second-order valence-electron chi connectivity index (χ2n) is 5.41.